The van der Waals surface area contributed by atoms with E-state index in [1.165, 1.54) is 24.3 Å². The van der Waals surface area contributed by atoms with Gasteiger partial charge in [-0.3, -0.25) is 0 Å². The SMILES string of the molecule is C#CC1CCS(=S)CC1. The topological polar surface area (TPSA) is 0 Å². The second-order valence-electron chi connectivity index (χ2n) is 2.29. The summed E-state index contributed by atoms with van der Waals surface area (Å²) >= 11 is 5.15. The Kier molecular flexibility index (Phi) is 2.68. The molecule has 1 aliphatic rings. The molecule has 0 unspecified atom stereocenters. The van der Waals surface area contributed by atoms with Crippen molar-refractivity contribution in [3.05, 3.63) is 0 Å². The van der Waals surface area contributed by atoms with Gasteiger partial charge in [-0.15, -0.1) is 21.8 Å². The third-order valence-electron chi connectivity index (χ3n) is 1.62. The van der Waals surface area contributed by atoms with Crippen LogP contribution in [0, 0.1) is 18.3 Å². The fourth-order valence-corrected chi connectivity index (χ4v) is 2.84. The number of hydrogen-bond donors (Lipinski definition) is 0. The Hall–Kier alpha value is 0.130. The molecule has 0 spiro atoms. The number of hydrogen-bond acceptors (Lipinski definition) is 1. The van der Waals surface area contributed by atoms with Crippen molar-refractivity contribution in [3.63, 3.8) is 0 Å². The summed E-state index contributed by atoms with van der Waals surface area (Å²) in [6.45, 7) is 0. The summed E-state index contributed by atoms with van der Waals surface area (Å²) in [5, 5.41) is 0. The maximum Gasteiger partial charge on any atom is 0.0216 e. The zero-order valence-electron chi connectivity index (χ0n) is 5.30. The van der Waals surface area contributed by atoms with Crippen LogP contribution in [0.15, 0.2) is 0 Å². The largest absolute Gasteiger partial charge is 0.121 e. The molecule has 0 aromatic rings. The molecule has 0 aromatic carbocycles. The summed E-state index contributed by atoms with van der Waals surface area (Å²) in [5.41, 5.74) is 0. The van der Waals surface area contributed by atoms with E-state index in [0.717, 1.165) is 0 Å². The summed E-state index contributed by atoms with van der Waals surface area (Å²) in [6, 6.07) is 0. The van der Waals surface area contributed by atoms with Crippen molar-refractivity contribution in [1.82, 2.24) is 0 Å². The summed E-state index contributed by atoms with van der Waals surface area (Å²) in [4.78, 5) is 0. The molecule has 1 fully saturated rings. The fraction of sp³-hybridized carbons (Fsp3) is 0.714. The lowest BCUT2D eigenvalue weighted by molar-refractivity contribution is 0.622. The van der Waals surface area contributed by atoms with Gasteiger partial charge < -0.3 is 0 Å². The maximum absolute atomic E-state index is 5.27. The second-order valence-corrected chi connectivity index (χ2v) is 5.40. The lowest BCUT2D eigenvalue weighted by atomic mass is 10.1. The molecule has 9 heavy (non-hydrogen) atoms. The Bertz CT molecular complexity index is 145. The van der Waals surface area contributed by atoms with Gasteiger partial charge in [-0.05, 0) is 24.3 Å². The third-order valence-corrected chi connectivity index (χ3v) is 4.01. The first-order valence-electron chi connectivity index (χ1n) is 3.14. The van der Waals surface area contributed by atoms with E-state index in [1.54, 1.807) is 0 Å². The first kappa shape index (κ1) is 7.24. The molecule has 1 aliphatic heterocycles. The van der Waals surface area contributed by atoms with Crippen LogP contribution in [0.4, 0.5) is 0 Å². The van der Waals surface area contributed by atoms with Crippen molar-refractivity contribution >= 4 is 20.6 Å². The van der Waals surface area contributed by atoms with Crippen LogP contribution in [0.3, 0.4) is 0 Å². The van der Waals surface area contributed by atoms with E-state index in [1.807, 2.05) is 0 Å². The first-order valence-corrected chi connectivity index (χ1v) is 5.63. The maximum atomic E-state index is 5.27. The van der Waals surface area contributed by atoms with Crippen LogP contribution in [0.1, 0.15) is 12.8 Å². The van der Waals surface area contributed by atoms with E-state index < -0.39 is 0 Å². The van der Waals surface area contributed by atoms with Crippen LogP contribution in [0.5, 0.6) is 0 Å². The number of rotatable bonds is 0. The molecule has 0 aliphatic carbocycles. The second kappa shape index (κ2) is 3.34. The third kappa shape index (κ3) is 2.08. The van der Waals surface area contributed by atoms with Crippen molar-refractivity contribution in [3.8, 4) is 12.3 Å². The van der Waals surface area contributed by atoms with Gasteiger partial charge in [0.15, 0.2) is 0 Å². The molecular weight excluding hydrogens is 148 g/mol. The predicted molar refractivity (Wildman–Crippen MR) is 46.0 cm³/mol. The summed E-state index contributed by atoms with van der Waals surface area (Å²) in [6.07, 6.45) is 7.61. The lowest BCUT2D eigenvalue weighted by Crippen LogP contribution is -2.16. The molecule has 2 heteroatoms. The Morgan fingerprint density at radius 2 is 2.00 bits per heavy atom. The van der Waals surface area contributed by atoms with Gasteiger partial charge in [-0.25, -0.2) is 0 Å². The molecule has 0 radical (unpaired) electrons. The smallest absolute Gasteiger partial charge is 0.0216 e. The standard InChI is InChI=1S/C7H10S2/c1-2-7-3-5-9(8)6-4-7/h1,7H,3-6H2. The molecular formula is C7H10S2. The molecule has 50 valence electrons. The van der Waals surface area contributed by atoms with Gasteiger partial charge in [0.25, 0.3) is 0 Å². The van der Waals surface area contributed by atoms with E-state index in [9.17, 15) is 0 Å². The molecule has 0 bridgehead atoms. The van der Waals surface area contributed by atoms with E-state index in [0.29, 0.717) is 5.92 Å². The molecule has 0 amide bonds. The molecule has 0 atom stereocenters. The fourth-order valence-electron chi connectivity index (χ4n) is 0.960. The molecule has 0 aromatic heterocycles. The van der Waals surface area contributed by atoms with E-state index in [4.69, 9.17) is 17.6 Å². The molecule has 1 rings (SSSR count). The summed E-state index contributed by atoms with van der Waals surface area (Å²) < 4.78 is 0. The molecule has 1 saturated heterocycles. The lowest BCUT2D eigenvalue weighted by Gasteiger charge is -2.17. The highest BCUT2D eigenvalue weighted by Gasteiger charge is 2.12. The van der Waals surface area contributed by atoms with Crippen LogP contribution >= 0.6 is 0 Å². The van der Waals surface area contributed by atoms with Gasteiger partial charge in [0.2, 0.25) is 0 Å². The van der Waals surface area contributed by atoms with Crippen molar-refractivity contribution < 1.29 is 0 Å². The van der Waals surface area contributed by atoms with Gasteiger partial charge >= 0.3 is 0 Å². The van der Waals surface area contributed by atoms with Crippen LogP contribution in [0.25, 0.3) is 0 Å². The Balaban J connectivity index is 2.37. The average molecular weight is 158 g/mol. The highest BCUT2D eigenvalue weighted by atomic mass is 32.8. The normalized spacial score (nSPS) is 35.4. The van der Waals surface area contributed by atoms with Crippen LogP contribution in [0.2, 0.25) is 0 Å². The molecule has 0 saturated carbocycles. The van der Waals surface area contributed by atoms with Gasteiger partial charge in [0.1, 0.15) is 0 Å². The van der Waals surface area contributed by atoms with E-state index in [2.05, 4.69) is 5.92 Å². The zero-order valence-corrected chi connectivity index (χ0v) is 6.93. The summed E-state index contributed by atoms with van der Waals surface area (Å²) in [5.74, 6) is 5.69. The van der Waals surface area contributed by atoms with Crippen molar-refractivity contribution in [1.29, 1.82) is 0 Å². The van der Waals surface area contributed by atoms with Gasteiger partial charge in [0.05, 0.1) is 0 Å². The Morgan fingerprint density at radius 3 is 2.44 bits per heavy atom. The van der Waals surface area contributed by atoms with Crippen molar-refractivity contribution in [2.45, 2.75) is 12.8 Å². The molecule has 0 nitrogen and oxygen atoms in total. The molecule has 0 N–H and O–H groups in total. The van der Waals surface area contributed by atoms with Gasteiger partial charge in [-0.2, -0.15) is 0 Å². The predicted octanol–water partition coefficient (Wildman–Crippen LogP) is 1.11. The van der Waals surface area contributed by atoms with Crippen molar-refractivity contribution in [2.75, 3.05) is 11.5 Å². The minimum atomic E-state index is 0.275. The van der Waals surface area contributed by atoms with Crippen LogP contribution in [-0.2, 0) is 20.6 Å². The highest BCUT2D eigenvalue weighted by molar-refractivity contribution is 8.28. The van der Waals surface area contributed by atoms with E-state index in [-0.39, 0.29) is 9.45 Å². The quantitative estimate of drug-likeness (QED) is 0.476. The van der Waals surface area contributed by atoms with Gasteiger partial charge in [-0.1, -0.05) is 11.2 Å². The monoisotopic (exact) mass is 158 g/mol. The number of terminal acetylenes is 1. The van der Waals surface area contributed by atoms with Crippen molar-refractivity contribution in [2.24, 2.45) is 5.92 Å². The van der Waals surface area contributed by atoms with E-state index >= 15 is 0 Å². The Labute approximate surface area is 63.6 Å². The average Bonchev–Trinajstić information content (AvgIpc) is 1.90. The zero-order chi connectivity index (χ0) is 6.69. The van der Waals surface area contributed by atoms with Gasteiger partial charge in [0, 0.05) is 5.92 Å². The first-order chi connectivity index (χ1) is 4.33. The minimum absolute atomic E-state index is 0.275. The minimum Gasteiger partial charge on any atom is -0.121 e. The summed E-state index contributed by atoms with van der Waals surface area (Å²) in [7, 11) is 0.275. The van der Waals surface area contributed by atoms with Crippen LogP contribution in [-0.4, -0.2) is 11.5 Å². The Morgan fingerprint density at radius 1 is 1.44 bits per heavy atom. The highest BCUT2D eigenvalue weighted by Crippen LogP contribution is 2.14. The van der Waals surface area contributed by atoms with Crippen LogP contribution < -0.4 is 0 Å². The molecule has 1 heterocycles.